The lowest BCUT2D eigenvalue weighted by atomic mass is 9.90. The molecule has 3 aliphatic rings. The quantitative estimate of drug-likeness (QED) is 0.529. The second-order valence-electron chi connectivity index (χ2n) is 9.72. The molecule has 3 fully saturated rings. The first-order valence-corrected chi connectivity index (χ1v) is 11.8. The summed E-state index contributed by atoms with van der Waals surface area (Å²) in [6, 6.07) is 11.4. The smallest absolute Gasteiger partial charge is 0.366 e. The van der Waals surface area contributed by atoms with Crippen molar-refractivity contribution in [2.45, 2.75) is 57.9 Å². The number of nitrogens with zero attached hydrogens (tertiary/aromatic N) is 4. The molecular formula is C26H30F3N5. The number of hydrogen-bond acceptors (Lipinski definition) is 5. The van der Waals surface area contributed by atoms with Gasteiger partial charge >= 0.3 is 6.18 Å². The van der Waals surface area contributed by atoms with Crippen LogP contribution in [0.2, 0.25) is 0 Å². The van der Waals surface area contributed by atoms with Crippen molar-refractivity contribution in [2.24, 2.45) is 0 Å². The minimum atomic E-state index is -4.38. The molecule has 3 aromatic rings. The average molecular weight is 470 g/mol. The Hall–Kier alpha value is -2.87. The van der Waals surface area contributed by atoms with E-state index < -0.39 is 11.7 Å². The van der Waals surface area contributed by atoms with Crippen molar-refractivity contribution in [2.75, 3.05) is 30.4 Å². The molecule has 1 unspecified atom stereocenters. The molecular weight excluding hydrogens is 439 g/mol. The van der Waals surface area contributed by atoms with E-state index in [1.807, 2.05) is 13.8 Å². The highest BCUT2D eigenvalue weighted by Gasteiger charge is 2.37. The van der Waals surface area contributed by atoms with Crippen LogP contribution in [0.3, 0.4) is 0 Å². The number of aromatic nitrogens is 2. The lowest BCUT2D eigenvalue weighted by Crippen LogP contribution is -2.61. The number of piperidine rings is 2. The minimum Gasteiger partial charge on any atom is -0.366 e. The molecule has 0 saturated carbocycles. The van der Waals surface area contributed by atoms with Crippen LogP contribution in [0.1, 0.15) is 48.2 Å². The fourth-order valence-electron chi connectivity index (χ4n) is 5.63. The maximum atomic E-state index is 13.4. The number of piperazine rings is 1. The van der Waals surface area contributed by atoms with Gasteiger partial charge in [0, 0.05) is 41.6 Å². The van der Waals surface area contributed by atoms with Crippen LogP contribution in [-0.2, 0) is 6.18 Å². The van der Waals surface area contributed by atoms with Crippen LogP contribution in [0.15, 0.2) is 36.4 Å². The van der Waals surface area contributed by atoms with E-state index in [0.29, 0.717) is 23.5 Å². The predicted octanol–water partition coefficient (Wildman–Crippen LogP) is 5.72. The van der Waals surface area contributed by atoms with E-state index >= 15 is 0 Å². The van der Waals surface area contributed by atoms with Gasteiger partial charge in [-0.25, -0.2) is 0 Å². The largest absolute Gasteiger partial charge is 0.416 e. The van der Waals surface area contributed by atoms with Gasteiger partial charge in [0.25, 0.3) is 0 Å². The van der Waals surface area contributed by atoms with Gasteiger partial charge in [-0.15, -0.1) is 5.10 Å². The van der Waals surface area contributed by atoms with Crippen molar-refractivity contribution in [1.29, 1.82) is 0 Å². The molecule has 8 heteroatoms. The number of anilines is 2. The second-order valence-corrected chi connectivity index (χ2v) is 9.72. The van der Waals surface area contributed by atoms with Crippen LogP contribution in [-0.4, -0.2) is 47.3 Å². The summed E-state index contributed by atoms with van der Waals surface area (Å²) in [7, 11) is 2.20. The highest BCUT2D eigenvalue weighted by Crippen LogP contribution is 2.37. The molecule has 0 spiro atoms. The van der Waals surface area contributed by atoms with Crippen LogP contribution in [0, 0.1) is 13.8 Å². The zero-order valence-electron chi connectivity index (χ0n) is 19.9. The van der Waals surface area contributed by atoms with Crippen LogP contribution >= 0.6 is 0 Å². The van der Waals surface area contributed by atoms with Crippen LogP contribution in [0.4, 0.5) is 24.7 Å². The summed E-state index contributed by atoms with van der Waals surface area (Å²) in [5.74, 6) is 0.589. The topological polar surface area (TPSA) is 44.3 Å². The Kier molecular flexibility index (Phi) is 5.67. The maximum Gasteiger partial charge on any atom is 0.416 e. The zero-order chi connectivity index (χ0) is 24.2. The van der Waals surface area contributed by atoms with E-state index in [0.717, 1.165) is 41.3 Å². The molecule has 180 valence electrons. The lowest BCUT2D eigenvalue weighted by molar-refractivity contribution is -0.138. The van der Waals surface area contributed by atoms with Crippen LogP contribution in [0.5, 0.6) is 0 Å². The third-order valence-corrected chi connectivity index (χ3v) is 7.58. The van der Waals surface area contributed by atoms with E-state index in [1.165, 1.54) is 25.8 Å². The Morgan fingerprint density at radius 1 is 1.00 bits per heavy atom. The van der Waals surface area contributed by atoms with Crippen LogP contribution in [0.25, 0.3) is 10.8 Å². The number of hydrogen-bond donors (Lipinski definition) is 1. The summed E-state index contributed by atoms with van der Waals surface area (Å²) in [5.41, 5.74) is 2.21. The van der Waals surface area contributed by atoms with Gasteiger partial charge in [-0.1, -0.05) is 18.2 Å². The molecule has 5 nitrogen and oxygen atoms in total. The SMILES string of the molecule is Cc1c([C@@H](C)Nc2nnc(C)c3ccc(N4C[C@@H]5CCC4CN5C)cc23)cccc1C(F)(F)F. The maximum absolute atomic E-state index is 13.4. The van der Waals surface area contributed by atoms with Crippen LogP contribution < -0.4 is 10.2 Å². The Morgan fingerprint density at radius 3 is 2.44 bits per heavy atom. The van der Waals surface area contributed by atoms with Crippen molar-refractivity contribution in [3.8, 4) is 0 Å². The third kappa shape index (κ3) is 3.98. The molecule has 1 aromatic heterocycles. The molecule has 1 N–H and O–H groups in total. The first-order chi connectivity index (χ1) is 16.1. The Bertz CT molecular complexity index is 1230. The van der Waals surface area contributed by atoms with E-state index in [-0.39, 0.29) is 11.6 Å². The fraction of sp³-hybridized carbons (Fsp3) is 0.462. The van der Waals surface area contributed by atoms with Gasteiger partial charge in [0.1, 0.15) is 0 Å². The fourth-order valence-corrected chi connectivity index (χ4v) is 5.63. The van der Waals surface area contributed by atoms with E-state index in [4.69, 9.17) is 0 Å². The number of aryl methyl sites for hydroxylation is 1. The molecule has 3 aliphatic heterocycles. The van der Waals surface area contributed by atoms with Gasteiger partial charge in [0.05, 0.1) is 17.3 Å². The number of benzene rings is 2. The monoisotopic (exact) mass is 469 g/mol. The first kappa shape index (κ1) is 22.9. The summed E-state index contributed by atoms with van der Waals surface area (Å²) in [6.07, 6.45) is -1.96. The van der Waals surface area contributed by atoms with E-state index in [1.54, 1.807) is 6.07 Å². The second kappa shape index (κ2) is 8.41. The van der Waals surface area contributed by atoms with Crippen molar-refractivity contribution in [3.05, 3.63) is 58.8 Å². The van der Waals surface area contributed by atoms with Crippen molar-refractivity contribution in [1.82, 2.24) is 15.1 Å². The summed E-state index contributed by atoms with van der Waals surface area (Å²) >= 11 is 0. The number of nitrogens with one attached hydrogen (secondary N) is 1. The first-order valence-electron chi connectivity index (χ1n) is 11.8. The number of fused-ring (bicyclic) bond motifs is 4. The minimum absolute atomic E-state index is 0.230. The summed E-state index contributed by atoms with van der Waals surface area (Å²) in [5, 5.41) is 14.0. The molecule has 2 aromatic carbocycles. The van der Waals surface area contributed by atoms with Crippen molar-refractivity contribution in [3.63, 3.8) is 0 Å². The third-order valence-electron chi connectivity index (χ3n) is 7.58. The molecule has 3 atom stereocenters. The molecule has 0 radical (unpaired) electrons. The highest BCUT2D eigenvalue weighted by molar-refractivity contribution is 5.95. The summed E-state index contributed by atoms with van der Waals surface area (Å²) in [6.45, 7) is 7.38. The summed E-state index contributed by atoms with van der Waals surface area (Å²) in [4.78, 5) is 4.95. The van der Waals surface area contributed by atoms with Gasteiger partial charge in [0.2, 0.25) is 0 Å². The van der Waals surface area contributed by atoms with Crippen molar-refractivity contribution < 1.29 is 13.2 Å². The predicted molar refractivity (Wildman–Crippen MR) is 129 cm³/mol. The molecule has 34 heavy (non-hydrogen) atoms. The van der Waals surface area contributed by atoms with Gasteiger partial charge in [-0.3, -0.25) is 4.90 Å². The number of likely N-dealkylation sites (N-methyl/N-ethyl adjacent to an activating group) is 1. The highest BCUT2D eigenvalue weighted by atomic mass is 19.4. The Balaban J connectivity index is 1.50. The summed E-state index contributed by atoms with van der Waals surface area (Å²) < 4.78 is 40.3. The molecule has 2 bridgehead atoms. The number of rotatable bonds is 4. The molecule has 0 aliphatic carbocycles. The van der Waals surface area contributed by atoms with E-state index in [9.17, 15) is 13.2 Å². The standard InChI is InChI=1S/C26H30F3N5/c1-15-21(6-5-7-24(15)26(27,28)29)16(2)30-25-23-12-18(10-11-22(23)17(3)31-32-25)34-14-19-8-9-20(34)13-33(19)4/h5-7,10-12,16,19-20H,8-9,13-14H2,1-4H3,(H,30,32)/t16-,19+,20?/m1/s1. The molecule has 3 saturated heterocycles. The van der Waals surface area contributed by atoms with Crippen molar-refractivity contribution >= 4 is 22.3 Å². The zero-order valence-corrected chi connectivity index (χ0v) is 19.9. The number of alkyl halides is 3. The Labute approximate surface area is 198 Å². The van der Waals surface area contributed by atoms with Gasteiger partial charge in [0.15, 0.2) is 5.82 Å². The number of halogens is 3. The van der Waals surface area contributed by atoms with Gasteiger partial charge in [-0.05, 0) is 70.0 Å². The van der Waals surface area contributed by atoms with E-state index in [2.05, 4.69) is 50.6 Å². The van der Waals surface area contributed by atoms with Gasteiger partial charge < -0.3 is 10.2 Å². The Morgan fingerprint density at radius 2 is 1.76 bits per heavy atom. The molecule has 6 rings (SSSR count). The van der Waals surface area contributed by atoms with Gasteiger partial charge in [-0.2, -0.15) is 18.3 Å². The molecule has 0 amide bonds. The normalized spacial score (nSPS) is 21.8. The molecule has 4 heterocycles. The average Bonchev–Trinajstić information content (AvgIpc) is 2.80. The lowest BCUT2D eigenvalue weighted by Gasteiger charge is -2.51.